The fraction of sp³-hybridized carbons (Fsp3) is 0.231. The Balaban J connectivity index is 1.62. The molecule has 0 radical (unpaired) electrons. The molecule has 5 nitrogen and oxygen atoms in total. The lowest BCUT2D eigenvalue weighted by atomic mass is 10.0. The van der Waals surface area contributed by atoms with Crippen molar-refractivity contribution in [2.45, 2.75) is 18.3 Å². The standard InChI is InChI=1S/C26H22F2N2O3S/c1-16-5-3-4-6-19(16)24(31)30-11-12-34-26(30)20-14-18(33-2)8-10-23(20)29(25(26)32)15-17-7-9-21(27)22(28)13-17/h3-10,13-14H,11-12,15H2,1-2H3. The minimum absolute atomic E-state index is 0.0457. The predicted molar refractivity (Wildman–Crippen MR) is 127 cm³/mol. The monoisotopic (exact) mass is 480 g/mol. The molecule has 34 heavy (non-hydrogen) atoms. The second-order valence-electron chi connectivity index (χ2n) is 8.29. The molecule has 1 fully saturated rings. The number of thioether (sulfide) groups is 1. The molecule has 0 aliphatic carbocycles. The second-order valence-corrected chi connectivity index (χ2v) is 9.57. The Hall–Kier alpha value is -3.39. The number of hydrogen-bond acceptors (Lipinski definition) is 4. The van der Waals surface area contributed by atoms with Gasteiger partial charge in [0.15, 0.2) is 16.5 Å². The number of aryl methyl sites for hydroxylation is 1. The molecule has 174 valence electrons. The van der Waals surface area contributed by atoms with E-state index in [9.17, 15) is 18.4 Å². The molecule has 0 aromatic heterocycles. The quantitative estimate of drug-likeness (QED) is 0.535. The molecule has 1 spiro atoms. The molecule has 0 N–H and O–H groups in total. The SMILES string of the molecule is COc1ccc2c(c1)C1(SCCN1C(=O)c1ccccc1C)C(=O)N2Cc1ccc(F)c(F)c1. The van der Waals surface area contributed by atoms with Crippen LogP contribution >= 0.6 is 11.8 Å². The molecule has 3 aromatic carbocycles. The van der Waals surface area contributed by atoms with Crippen molar-refractivity contribution >= 4 is 29.3 Å². The van der Waals surface area contributed by atoms with Gasteiger partial charge in [0.2, 0.25) is 0 Å². The third-order valence-electron chi connectivity index (χ3n) is 6.35. The summed E-state index contributed by atoms with van der Waals surface area (Å²) in [4.78, 5) is 29.7. The molecule has 1 saturated heterocycles. The lowest BCUT2D eigenvalue weighted by Crippen LogP contribution is -2.50. The number of hydrogen-bond donors (Lipinski definition) is 0. The van der Waals surface area contributed by atoms with Crippen LogP contribution in [0.1, 0.15) is 27.0 Å². The summed E-state index contributed by atoms with van der Waals surface area (Å²) in [6.45, 7) is 2.31. The Morgan fingerprint density at radius 3 is 2.62 bits per heavy atom. The average Bonchev–Trinajstić information content (AvgIpc) is 3.38. The normalized spacial score (nSPS) is 19.1. The van der Waals surface area contributed by atoms with Crippen LogP contribution in [0.5, 0.6) is 5.75 Å². The first-order chi connectivity index (χ1) is 16.4. The van der Waals surface area contributed by atoms with Gasteiger partial charge in [-0.05, 0) is 54.4 Å². The zero-order chi connectivity index (χ0) is 24.0. The fourth-order valence-corrected chi connectivity index (χ4v) is 6.11. The first kappa shape index (κ1) is 22.4. The van der Waals surface area contributed by atoms with Crippen molar-refractivity contribution < 1.29 is 23.1 Å². The number of rotatable bonds is 4. The molecule has 5 rings (SSSR count). The topological polar surface area (TPSA) is 49.9 Å². The van der Waals surface area contributed by atoms with Gasteiger partial charge >= 0.3 is 0 Å². The minimum Gasteiger partial charge on any atom is -0.497 e. The van der Waals surface area contributed by atoms with Crippen LogP contribution in [0.15, 0.2) is 60.7 Å². The molecular formula is C26H22F2N2O3S. The number of halogens is 2. The van der Waals surface area contributed by atoms with Gasteiger partial charge in [-0.25, -0.2) is 8.78 Å². The van der Waals surface area contributed by atoms with Gasteiger partial charge in [0.05, 0.1) is 19.3 Å². The van der Waals surface area contributed by atoms with Crippen LogP contribution in [-0.2, 0) is 16.2 Å². The van der Waals surface area contributed by atoms with Crippen LogP contribution in [0.4, 0.5) is 14.5 Å². The molecule has 2 amide bonds. The van der Waals surface area contributed by atoms with Crippen molar-refractivity contribution in [2.24, 2.45) is 0 Å². The fourth-order valence-electron chi connectivity index (χ4n) is 4.66. The summed E-state index contributed by atoms with van der Waals surface area (Å²) in [6, 6.07) is 16.2. The van der Waals surface area contributed by atoms with Gasteiger partial charge in [-0.15, -0.1) is 11.8 Å². The number of methoxy groups -OCH3 is 1. The average molecular weight is 481 g/mol. The Labute approximate surface area is 200 Å². The summed E-state index contributed by atoms with van der Waals surface area (Å²) < 4.78 is 32.8. The Bertz CT molecular complexity index is 1310. The van der Waals surface area contributed by atoms with E-state index in [-0.39, 0.29) is 18.4 Å². The third kappa shape index (κ3) is 3.36. The smallest absolute Gasteiger partial charge is 0.268 e. The van der Waals surface area contributed by atoms with Gasteiger partial charge in [0.25, 0.3) is 11.8 Å². The Kier molecular flexibility index (Phi) is 5.56. The minimum atomic E-state index is -1.26. The summed E-state index contributed by atoms with van der Waals surface area (Å²) in [7, 11) is 1.54. The van der Waals surface area contributed by atoms with Crippen LogP contribution in [0.25, 0.3) is 0 Å². The van der Waals surface area contributed by atoms with E-state index in [1.807, 2.05) is 19.1 Å². The van der Waals surface area contributed by atoms with Crippen molar-refractivity contribution in [1.82, 2.24) is 4.90 Å². The summed E-state index contributed by atoms with van der Waals surface area (Å²) in [5, 5.41) is 0. The van der Waals surface area contributed by atoms with Crippen molar-refractivity contribution in [3.63, 3.8) is 0 Å². The van der Waals surface area contributed by atoms with Crippen molar-refractivity contribution in [2.75, 3.05) is 24.3 Å². The number of fused-ring (bicyclic) bond motifs is 2. The molecule has 2 aliphatic heterocycles. The maximum Gasteiger partial charge on any atom is 0.268 e. The van der Waals surface area contributed by atoms with Crippen LogP contribution in [-0.4, -0.2) is 36.1 Å². The van der Waals surface area contributed by atoms with Gasteiger partial charge in [0, 0.05) is 23.4 Å². The highest BCUT2D eigenvalue weighted by atomic mass is 32.2. The first-order valence-electron chi connectivity index (χ1n) is 10.8. The summed E-state index contributed by atoms with van der Waals surface area (Å²) in [6.07, 6.45) is 0. The van der Waals surface area contributed by atoms with E-state index >= 15 is 0 Å². The molecule has 3 aromatic rings. The van der Waals surface area contributed by atoms with E-state index in [4.69, 9.17) is 4.74 Å². The molecule has 2 heterocycles. The van der Waals surface area contributed by atoms with E-state index in [0.717, 1.165) is 17.7 Å². The molecule has 8 heteroatoms. The number of carbonyl (C=O) groups is 2. The Morgan fingerprint density at radius 1 is 1.09 bits per heavy atom. The number of benzene rings is 3. The summed E-state index contributed by atoms with van der Waals surface area (Å²) >= 11 is 1.40. The number of carbonyl (C=O) groups excluding carboxylic acids is 2. The van der Waals surface area contributed by atoms with Crippen LogP contribution in [0.2, 0.25) is 0 Å². The summed E-state index contributed by atoms with van der Waals surface area (Å²) in [5.41, 5.74) is 3.09. The van der Waals surface area contributed by atoms with Crippen LogP contribution in [0, 0.1) is 18.6 Å². The molecule has 0 bridgehead atoms. The van der Waals surface area contributed by atoms with Crippen molar-refractivity contribution in [3.8, 4) is 5.75 Å². The van der Waals surface area contributed by atoms with E-state index in [1.165, 1.54) is 22.7 Å². The molecule has 1 unspecified atom stereocenters. The number of amides is 2. The van der Waals surface area contributed by atoms with Crippen molar-refractivity contribution in [1.29, 1.82) is 0 Å². The number of anilines is 1. The van der Waals surface area contributed by atoms with Crippen LogP contribution in [0.3, 0.4) is 0 Å². The highest BCUT2D eigenvalue weighted by molar-refractivity contribution is 8.01. The zero-order valence-electron chi connectivity index (χ0n) is 18.7. The van der Waals surface area contributed by atoms with Crippen LogP contribution < -0.4 is 9.64 Å². The van der Waals surface area contributed by atoms with Gasteiger partial charge < -0.3 is 14.5 Å². The zero-order valence-corrected chi connectivity index (χ0v) is 19.5. The van der Waals surface area contributed by atoms with Crippen molar-refractivity contribution in [3.05, 3.63) is 94.6 Å². The number of ether oxygens (including phenoxy) is 1. The summed E-state index contributed by atoms with van der Waals surface area (Å²) in [5.74, 6) is -1.28. The van der Waals surface area contributed by atoms with Gasteiger partial charge in [-0.2, -0.15) is 0 Å². The molecular weight excluding hydrogens is 458 g/mol. The Morgan fingerprint density at radius 2 is 1.88 bits per heavy atom. The van der Waals surface area contributed by atoms with E-state index < -0.39 is 16.5 Å². The van der Waals surface area contributed by atoms with Gasteiger partial charge in [-0.3, -0.25) is 9.59 Å². The molecule has 0 saturated carbocycles. The highest BCUT2D eigenvalue weighted by Crippen LogP contribution is 2.55. The maximum atomic E-state index is 14.1. The predicted octanol–water partition coefficient (Wildman–Crippen LogP) is 4.87. The van der Waals surface area contributed by atoms with Gasteiger partial charge in [-0.1, -0.05) is 24.3 Å². The number of nitrogens with zero attached hydrogens (tertiary/aromatic N) is 2. The van der Waals surface area contributed by atoms with E-state index in [0.29, 0.717) is 40.4 Å². The first-order valence-corrected chi connectivity index (χ1v) is 11.8. The molecule has 1 atom stereocenters. The van der Waals surface area contributed by atoms with E-state index in [1.54, 1.807) is 42.3 Å². The lowest BCUT2D eigenvalue weighted by Gasteiger charge is -2.33. The highest BCUT2D eigenvalue weighted by Gasteiger charge is 2.59. The lowest BCUT2D eigenvalue weighted by molar-refractivity contribution is -0.123. The van der Waals surface area contributed by atoms with E-state index in [2.05, 4.69) is 0 Å². The largest absolute Gasteiger partial charge is 0.497 e. The molecule has 2 aliphatic rings. The van der Waals surface area contributed by atoms with Gasteiger partial charge in [0.1, 0.15) is 5.75 Å². The third-order valence-corrected chi connectivity index (χ3v) is 7.77. The second kappa shape index (κ2) is 8.43. The maximum absolute atomic E-state index is 14.1.